The Balaban J connectivity index is 1.64. The standard InChI is InChI=1S/C27H26FN5O4/c1-27(10-4-14-33(27)26(35)36)11-7-16-15-29-12-8-17(16)22-23(21-19(31-22)9-13-30-25(21)34)32-20-6-3-5-18(28)24(20)37-2/h3,5-6,8,12,15,31-32H,4,9-10,13-14H2,1-2H3,(H,30,34)(H,35,36)/t27-/m1/s1. The van der Waals surface area contributed by atoms with Gasteiger partial charge in [0.2, 0.25) is 0 Å². The van der Waals surface area contributed by atoms with Gasteiger partial charge in [-0.1, -0.05) is 17.9 Å². The molecule has 1 saturated heterocycles. The van der Waals surface area contributed by atoms with E-state index in [4.69, 9.17) is 4.74 Å². The molecule has 0 unspecified atom stereocenters. The van der Waals surface area contributed by atoms with Crippen LogP contribution in [0.25, 0.3) is 11.3 Å². The van der Waals surface area contributed by atoms with Crippen LogP contribution in [-0.2, 0) is 6.42 Å². The maximum atomic E-state index is 14.4. The molecule has 4 N–H and O–H groups in total. The van der Waals surface area contributed by atoms with Crippen molar-refractivity contribution in [3.63, 3.8) is 0 Å². The first-order valence-electron chi connectivity index (χ1n) is 11.9. The zero-order valence-corrected chi connectivity index (χ0v) is 20.4. The number of anilines is 2. The maximum absolute atomic E-state index is 14.4. The fourth-order valence-electron chi connectivity index (χ4n) is 4.97. The largest absolute Gasteiger partial charge is 0.492 e. The number of rotatable bonds is 4. The number of para-hydroxylation sites is 1. The average molecular weight is 504 g/mol. The molecular formula is C27H26FN5O4. The van der Waals surface area contributed by atoms with Crippen LogP contribution >= 0.6 is 0 Å². The summed E-state index contributed by atoms with van der Waals surface area (Å²) in [6, 6.07) is 6.29. The molecule has 2 aliphatic rings. The predicted molar refractivity (Wildman–Crippen MR) is 136 cm³/mol. The minimum atomic E-state index is -1.00. The van der Waals surface area contributed by atoms with Crippen LogP contribution in [0.4, 0.5) is 20.6 Å². The van der Waals surface area contributed by atoms with Crippen molar-refractivity contribution in [2.75, 3.05) is 25.5 Å². The highest BCUT2D eigenvalue weighted by molar-refractivity contribution is 6.06. The van der Waals surface area contributed by atoms with Gasteiger partial charge in [-0.25, -0.2) is 9.18 Å². The van der Waals surface area contributed by atoms with E-state index in [1.54, 1.807) is 30.6 Å². The molecule has 0 radical (unpaired) electrons. The number of methoxy groups -OCH3 is 1. The summed E-state index contributed by atoms with van der Waals surface area (Å²) in [7, 11) is 1.38. The number of nitrogens with one attached hydrogen (secondary N) is 3. The molecule has 0 saturated carbocycles. The van der Waals surface area contributed by atoms with Crippen LogP contribution in [0, 0.1) is 17.7 Å². The molecule has 0 spiro atoms. The van der Waals surface area contributed by atoms with E-state index < -0.39 is 17.4 Å². The Hall–Kier alpha value is -4.52. The third-order valence-electron chi connectivity index (χ3n) is 6.82. The number of likely N-dealkylation sites (tertiary alicyclic amines) is 1. The molecule has 2 amide bonds. The second kappa shape index (κ2) is 9.50. The first kappa shape index (κ1) is 24.2. The van der Waals surface area contributed by atoms with Gasteiger partial charge in [-0.05, 0) is 38.0 Å². The lowest BCUT2D eigenvalue weighted by Crippen LogP contribution is -2.43. The quantitative estimate of drug-likeness (QED) is 0.398. The Bertz CT molecular complexity index is 1460. The van der Waals surface area contributed by atoms with Crippen molar-refractivity contribution in [1.82, 2.24) is 20.2 Å². The van der Waals surface area contributed by atoms with E-state index in [0.29, 0.717) is 59.7 Å². The van der Waals surface area contributed by atoms with Crippen molar-refractivity contribution >= 4 is 23.4 Å². The Morgan fingerprint density at radius 2 is 2.19 bits per heavy atom. The van der Waals surface area contributed by atoms with Crippen molar-refractivity contribution in [2.45, 2.75) is 31.7 Å². The van der Waals surface area contributed by atoms with E-state index in [1.807, 2.05) is 6.92 Å². The van der Waals surface area contributed by atoms with Gasteiger partial charge in [0.1, 0.15) is 5.54 Å². The number of halogens is 1. The molecule has 3 aromatic rings. The van der Waals surface area contributed by atoms with Gasteiger partial charge in [-0.15, -0.1) is 0 Å². The van der Waals surface area contributed by atoms with Crippen LogP contribution < -0.4 is 15.4 Å². The third-order valence-corrected chi connectivity index (χ3v) is 6.82. The van der Waals surface area contributed by atoms with E-state index in [1.165, 1.54) is 18.1 Å². The van der Waals surface area contributed by atoms with Gasteiger partial charge < -0.3 is 25.5 Å². The number of carbonyl (C=O) groups is 2. The number of H-pyrrole nitrogens is 1. The molecule has 5 rings (SSSR count). The number of fused-ring (bicyclic) bond motifs is 1. The summed E-state index contributed by atoms with van der Waals surface area (Å²) >= 11 is 0. The summed E-state index contributed by atoms with van der Waals surface area (Å²) in [5.74, 6) is 5.53. The molecule has 1 aromatic carbocycles. The van der Waals surface area contributed by atoms with Gasteiger partial charge in [0.15, 0.2) is 11.6 Å². The number of pyridine rings is 1. The Labute approximate surface area is 213 Å². The first-order valence-corrected chi connectivity index (χ1v) is 11.9. The van der Waals surface area contributed by atoms with Crippen molar-refractivity contribution in [3.8, 4) is 28.8 Å². The van der Waals surface area contributed by atoms with Crippen molar-refractivity contribution < 1.29 is 23.8 Å². The smallest absolute Gasteiger partial charge is 0.408 e. The molecule has 0 bridgehead atoms. The van der Waals surface area contributed by atoms with Gasteiger partial charge in [0.05, 0.1) is 35.3 Å². The van der Waals surface area contributed by atoms with Crippen LogP contribution in [0.3, 0.4) is 0 Å². The fourth-order valence-corrected chi connectivity index (χ4v) is 4.97. The highest BCUT2D eigenvalue weighted by Crippen LogP contribution is 2.40. The van der Waals surface area contributed by atoms with Gasteiger partial charge in [-0.3, -0.25) is 14.7 Å². The third kappa shape index (κ3) is 4.33. The summed E-state index contributed by atoms with van der Waals surface area (Å²) in [5, 5.41) is 15.7. The van der Waals surface area contributed by atoms with Gasteiger partial charge in [0.25, 0.3) is 5.91 Å². The molecule has 1 atom stereocenters. The van der Waals surface area contributed by atoms with Crippen molar-refractivity contribution in [2.24, 2.45) is 0 Å². The molecule has 2 aliphatic heterocycles. The molecule has 2 aromatic heterocycles. The number of aromatic nitrogens is 2. The molecule has 0 aliphatic carbocycles. The number of hydrogen-bond acceptors (Lipinski definition) is 5. The highest BCUT2D eigenvalue weighted by atomic mass is 19.1. The first-order chi connectivity index (χ1) is 17.8. The van der Waals surface area contributed by atoms with E-state index in [9.17, 15) is 19.1 Å². The zero-order valence-electron chi connectivity index (χ0n) is 20.4. The van der Waals surface area contributed by atoms with Crippen molar-refractivity contribution in [1.29, 1.82) is 0 Å². The SMILES string of the molecule is COc1c(F)cccc1Nc1c(-c2ccncc2C#C[C@@]2(C)CCCN2C(=O)O)[nH]c2c1C(=O)NCC2. The molecule has 1 fully saturated rings. The van der Waals surface area contributed by atoms with Gasteiger partial charge >= 0.3 is 6.09 Å². The number of ether oxygens (including phenoxy) is 1. The van der Waals surface area contributed by atoms with Crippen LogP contribution in [0.2, 0.25) is 0 Å². The number of carbonyl (C=O) groups excluding carboxylic acids is 1. The van der Waals surface area contributed by atoms with Crippen LogP contribution in [0.5, 0.6) is 5.75 Å². The monoisotopic (exact) mass is 503 g/mol. The topological polar surface area (TPSA) is 120 Å². The summed E-state index contributed by atoms with van der Waals surface area (Å²) in [6.45, 7) is 2.74. The molecule has 4 heterocycles. The molecule has 37 heavy (non-hydrogen) atoms. The van der Waals surface area contributed by atoms with Crippen LogP contribution in [0.1, 0.15) is 41.4 Å². The highest BCUT2D eigenvalue weighted by Gasteiger charge is 2.38. The number of hydrogen-bond donors (Lipinski definition) is 4. The second-order valence-corrected chi connectivity index (χ2v) is 9.16. The van der Waals surface area contributed by atoms with Crippen LogP contribution in [-0.4, -0.2) is 57.7 Å². The minimum absolute atomic E-state index is 0.0253. The summed E-state index contributed by atoms with van der Waals surface area (Å²) in [5.41, 5.74) is 3.01. The summed E-state index contributed by atoms with van der Waals surface area (Å²) in [6.07, 6.45) is 4.18. The number of benzene rings is 1. The van der Waals surface area contributed by atoms with E-state index >= 15 is 0 Å². The zero-order chi connectivity index (χ0) is 26.2. The van der Waals surface area contributed by atoms with Gasteiger partial charge in [0, 0.05) is 43.2 Å². The number of carboxylic acid groups (broad SMARTS) is 1. The number of amides is 2. The Kier molecular flexibility index (Phi) is 6.21. The van der Waals surface area contributed by atoms with Crippen LogP contribution in [0.15, 0.2) is 36.7 Å². The summed E-state index contributed by atoms with van der Waals surface area (Å²) in [4.78, 5) is 33.6. The number of nitrogens with zero attached hydrogens (tertiary/aromatic N) is 2. The maximum Gasteiger partial charge on any atom is 0.408 e. The van der Waals surface area contributed by atoms with E-state index in [2.05, 4.69) is 32.4 Å². The second-order valence-electron chi connectivity index (χ2n) is 9.16. The lowest BCUT2D eigenvalue weighted by Gasteiger charge is -2.27. The lowest BCUT2D eigenvalue weighted by molar-refractivity contribution is 0.0946. The normalized spacial score (nSPS) is 18.5. The van der Waals surface area contributed by atoms with E-state index in [-0.39, 0.29) is 11.7 Å². The van der Waals surface area contributed by atoms with E-state index in [0.717, 1.165) is 12.1 Å². The predicted octanol–water partition coefficient (Wildman–Crippen LogP) is 4.14. The van der Waals surface area contributed by atoms with Crippen molar-refractivity contribution in [3.05, 3.63) is 59.3 Å². The molecular weight excluding hydrogens is 477 g/mol. The Morgan fingerprint density at radius 1 is 1.35 bits per heavy atom. The molecule has 190 valence electrons. The molecule has 10 heteroatoms. The fraction of sp³-hybridized carbons (Fsp3) is 0.296. The number of aromatic amines is 1. The minimum Gasteiger partial charge on any atom is -0.492 e. The summed E-state index contributed by atoms with van der Waals surface area (Å²) < 4.78 is 19.7. The molecule has 9 nitrogen and oxygen atoms in total. The van der Waals surface area contributed by atoms with Gasteiger partial charge in [-0.2, -0.15) is 0 Å². The average Bonchev–Trinajstić information content (AvgIpc) is 3.45. The Morgan fingerprint density at radius 3 is 2.97 bits per heavy atom. The lowest BCUT2D eigenvalue weighted by atomic mass is 9.98.